The Morgan fingerprint density at radius 1 is 0.927 bits per heavy atom. The molecule has 0 aromatic heterocycles. The number of nitrogens with zero attached hydrogens (tertiary/aromatic N) is 3. The van der Waals surface area contributed by atoms with E-state index in [1.807, 2.05) is 73.5 Å². The second-order valence-corrected chi connectivity index (χ2v) is 10.5. The third kappa shape index (κ3) is 6.20. The predicted octanol–water partition coefficient (Wildman–Crippen LogP) is 3.96. The molecule has 5 rings (SSSR count). The lowest BCUT2D eigenvalue weighted by Gasteiger charge is -2.45. The number of carbonyl (C=O) groups excluding carboxylic acids is 3. The summed E-state index contributed by atoms with van der Waals surface area (Å²) in [5.41, 5.74) is 2.36. The second-order valence-electron chi connectivity index (χ2n) is 10.5. The lowest BCUT2D eigenvalue weighted by atomic mass is 9.88. The van der Waals surface area contributed by atoms with Crippen molar-refractivity contribution in [1.82, 2.24) is 20.0 Å². The Morgan fingerprint density at radius 3 is 2.27 bits per heavy atom. The van der Waals surface area contributed by atoms with Crippen LogP contribution in [-0.4, -0.2) is 79.1 Å². The van der Waals surface area contributed by atoms with Crippen molar-refractivity contribution in [2.75, 3.05) is 40.3 Å². The molecule has 1 N–H and O–H groups in total. The molecule has 3 aromatic carbocycles. The van der Waals surface area contributed by atoms with Gasteiger partial charge >= 0.3 is 6.03 Å². The molecule has 9 heteroatoms. The van der Waals surface area contributed by atoms with Crippen LogP contribution in [0.5, 0.6) is 11.5 Å². The number of likely N-dealkylation sites (N-methyl/N-ethyl adjacent to an activating group) is 1. The zero-order valence-electron chi connectivity index (χ0n) is 23.7. The van der Waals surface area contributed by atoms with Gasteiger partial charge in [-0.05, 0) is 61.9 Å². The first-order chi connectivity index (χ1) is 19.9. The van der Waals surface area contributed by atoms with E-state index in [0.717, 1.165) is 29.1 Å². The highest BCUT2D eigenvalue weighted by Crippen LogP contribution is 2.35. The number of imide groups is 1. The largest absolute Gasteiger partial charge is 0.496 e. The molecule has 0 aliphatic carbocycles. The molecule has 2 fully saturated rings. The number of nitrogens with one attached hydrogen (secondary N) is 1. The van der Waals surface area contributed by atoms with Crippen molar-refractivity contribution in [2.45, 2.75) is 25.6 Å². The molecule has 0 radical (unpaired) electrons. The minimum Gasteiger partial charge on any atom is -0.496 e. The van der Waals surface area contributed by atoms with Crippen molar-refractivity contribution >= 4 is 17.8 Å². The van der Waals surface area contributed by atoms with Crippen LogP contribution in [0.15, 0.2) is 78.9 Å². The van der Waals surface area contributed by atoms with Crippen molar-refractivity contribution in [3.05, 3.63) is 95.6 Å². The summed E-state index contributed by atoms with van der Waals surface area (Å²) in [6, 6.07) is 23.1. The molecular weight excluding hydrogens is 520 g/mol. The van der Waals surface area contributed by atoms with Gasteiger partial charge in [0.2, 0.25) is 5.91 Å². The first-order valence-corrected chi connectivity index (χ1v) is 13.9. The summed E-state index contributed by atoms with van der Waals surface area (Å²) in [7, 11) is 3.64. The van der Waals surface area contributed by atoms with Crippen LogP contribution in [0.1, 0.15) is 34.5 Å². The molecule has 2 heterocycles. The Labute approximate surface area is 240 Å². The number of hydrogen-bond donors (Lipinski definition) is 1. The van der Waals surface area contributed by atoms with Crippen molar-refractivity contribution in [2.24, 2.45) is 5.92 Å². The maximum absolute atomic E-state index is 13.4. The zero-order valence-corrected chi connectivity index (χ0v) is 23.7. The molecule has 2 aliphatic rings. The second kappa shape index (κ2) is 12.4. The Morgan fingerprint density at radius 2 is 1.59 bits per heavy atom. The van der Waals surface area contributed by atoms with Crippen LogP contribution in [-0.2, 0) is 11.2 Å². The van der Waals surface area contributed by atoms with Crippen molar-refractivity contribution < 1.29 is 23.9 Å². The van der Waals surface area contributed by atoms with E-state index in [2.05, 4.69) is 10.2 Å². The van der Waals surface area contributed by atoms with Crippen molar-refractivity contribution in [3.8, 4) is 11.5 Å². The average Bonchev–Trinajstić information content (AvgIpc) is 3.00. The number of hydrogen-bond acceptors (Lipinski definition) is 6. The van der Waals surface area contributed by atoms with E-state index in [0.29, 0.717) is 36.6 Å². The third-order valence-electron chi connectivity index (χ3n) is 7.79. The quantitative estimate of drug-likeness (QED) is 0.423. The predicted molar refractivity (Wildman–Crippen MR) is 155 cm³/mol. The van der Waals surface area contributed by atoms with Crippen LogP contribution in [0, 0.1) is 5.92 Å². The molecule has 2 saturated heterocycles. The SMILES string of the molecule is COc1ccccc1CC1C(=O)N(C(=O)NC(C)c2ccccc2)C1Oc1ccc(C(=O)N2CCN(C)CC2)cc1. The first kappa shape index (κ1) is 28.2. The molecule has 3 atom stereocenters. The van der Waals surface area contributed by atoms with E-state index in [1.54, 1.807) is 31.4 Å². The summed E-state index contributed by atoms with van der Waals surface area (Å²) in [6.07, 6.45) is -0.472. The smallest absolute Gasteiger partial charge is 0.327 e. The zero-order chi connectivity index (χ0) is 28.9. The minimum absolute atomic E-state index is 0.0200. The summed E-state index contributed by atoms with van der Waals surface area (Å²) in [5, 5.41) is 2.92. The highest BCUT2D eigenvalue weighted by atomic mass is 16.5. The number of urea groups is 1. The number of piperazine rings is 1. The fourth-order valence-corrected chi connectivity index (χ4v) is 5.26. The monoisotopic (exact) mass is 556 g/mol. The van der Waals surface area contributed by atoms with Crippen LogP contribution >= 0.6 is 0 Å². The summed E-state index contributed by atoms with van der Waals surface area (Å²) in [6.45, 7) is 4.94. The number of β-lactam (4-membered cyclic amide) rings is 1. The standard InChI is InChI=1S/C32H36N4O5/c1-22(23-9-5-4-6-10-23)33-32(39)36-30(38)27(21-25-11-7-8-12-28(25)40-3)31(36)41-26-15-13-24(14-16-26)29(37)35-19-17-34(2)18-20-35/h4-16,22,27,31H,17-21H2,1-3H3,(H,33,39). The molecule has 3 aromatic rings. The molecule has 9 nitrogen and oxygen atoms in total. The lowest BCUT2D eigenvalue weighted by Crippen LogP contribution is -2.68. The van der Waals surface area contributed by atoms with Gasteiger partial charge < -0.3 is 24.6 Å². The summed E-state index contributed by atoms with van der Waals surface area (Å²) in [5.74, 6) is 0.215. The minimum atomic E-state index is -0.824. The molecule has 214 valence electrons. The number of likely N-dealkylation sites (tertiary alicyclic amines) is 1. The maximum atomic E-state index is 13.4. The molecule has 4 amide bonds. The van der Waals surface area contributed by atoms with E-state index in [4.69, 9.17) is 9.47 Å². The van der Waals surface area contributed by atoms with Crippen LogP contribution in [0.25, 0.3) is 0 Å². The Balaban J connectivity index is 1.33. The molecular formula is C32H36N4O5. The van der Waals surface area contributed by atoms with Gasteiger partial charge in [-0.1, -0.05) is 48.5 Å². The van der Waals surface area contributed by atoms with Gasteiger partial charge in [-0.25, -0.2) is 9.69 Å². The fourth-order valence-electron chi connectivity index (χ4n) is 5.26. The van der Waals surface area contributed by atoms with Crippen LogP contribution in [0.4, 0.5) is 4.79 Å². The average molecular weight is 557 g/mol. The summed E-state index contributed by atoms with van der Waals surface area (Å²) < 4.78 is 11.8. The molecule has 2 aliphatic heterocycles. The number of carbonyl (C=O) groups is 3. The number of para-hydroxylation sites is 1. The van der Waals surface area contributed by atoms with Gasteiger partial charge in [0, 0.05) is 31.7 Å². The van der Waals surface area contributed by atoms with E-state index < -0.39 is 18.2 Å². The lowest BCUT2D eigenvalue weighted by molar-refractivity contribution is -0.166. The van der Waals surface area contributed by atoms with Crippen LogP contribution < -0.4 is 14.8 Å². The third-order valence-corrected chi connectivity index (χ3v) is 7.79. The van der Waals surface area contributed by atoms with Gasteiger partial charge in [0.15, 0.2) is 6.23 Å². The van der Waals surface area contributed by atoms with Crippen molar-refractivity contribution in [3.63, 3.8) is 0 Å². The number of benzene rings is 3. The van der Waals surface area contributed by atoms with Gasteiger partial charge in [-0.3, -0.25) is 9.59 Å². The number of amides is 4. The Bertz CT molecular complexity index is 1370. The number of methoxy groups -OCH3 is 1. The van der Waals surface area contributed by atoms with E-state index >= 15 is 0 Å². The topological polar surface area (TPSA) is 91.4 Å². The summed E-state index contributed by atoms with van der Waals surface area (Å²) >= 11 is 0. The normalized spacial score (nSPS) is 19.7. The Kier molecular flexibility index (Phi) is 8.54. The van der Waals surface area contributed by atoms with E-state index in [-0.39, 0.29) is 17.9 Å². The van der Waals surface area contributed by atoms with E-state index in [9.17, 15) is 14.4 Å². The van der Waals surface area contributed by atoms with Gasteiger partial charge in [0.05, 0.1) is 19.1 Å². The van der Waals surface area contributed by atoms with Gasteiger partial charge in [0.1, 0.15) is 11.5 Å². The van der Waals surface area contributed by atoms with Crippen LogP contribution in [0.2, 0.25) is 0 Å². The highest BCUT2D eigenvalue weighted by molar-refractivity contribution is 6.01. The molecule has 41 heavy (non-hydrogen) atoms. The highest BCUT2D eigenvalue weighted by Gasteiger charge is 2.53. The molecule has 0 spiro atoms. The van der Waals surface area contributed by atoms with Crippen LogP contribution in [0.3, 0.4) is 0 Å². The molecule has 3 unspecified atom stereocenters. The van der Waals surface area contributed by atoms with Crippen molar-refractivity contribution in [1.29, 1.82) is 0 Å². The fraction of sp³-hybridized carbons (Fsp3) is 0.344. The van der Waals surface area contributed by atoms with Gasteiger partial charge in [-0.15, -0.1) is 0 Å². The maximum Gasteiger partial charge on any atom is 0.327 e. The molecule has 0 bridgehead atoms. The summed E-state index contributed by atoms with van der Waals surface area (Å²) in [4.78, 5) is 44.8. The molecule has 0 saturated carbocycles. The van der Waals surface area contributed by atoms with E-state index in [1.165, 1.54) is 0 Å². The van der Waals surface area contributed by atoms with Gasteiger partial charge in [-0.2, -0.15) is 0 Å². The number of ether oxygens (including phenoxy) is 2. The first-order valence-electron chi connectivity index (χ1n) is 13.9. The Hall–Kier alpha value is -4.37. The number of rotatable bonds is 8. The van der Waals surface area contributed by atoms with Gasteiger partial charge in [0.25, 0.3) is 5.91 Å².